The molecule has 4 N–H and O–H groups in total. The highest BCUT2D eigenvalue weighted by atomic mass is 16.3. The smallest absolute Gasteiger partial charge is 0.249 e. The summed E-state index contributed by atoms with van der Waals surface area (Å²) in [5.74, 6) is -0.500. The van der Waals surface area contributed by atoms with Crippen LogP contribution in [0.5, 0.6) is 0 Å². The van der Waals surface area contributed by atoms with Crippen LogP contribution in [0.25, 0.3) is 0 Å². The molecule has 48 heavy (non-hydrogen) atoms. The summed E-state index contributed by atoms with van der Waals surface area (Å²) >= 11 is 0. The third kappa shape index (κ3) is 33.6. The van der Waals surface area contributed by atoms with Crippen molar-refractivity contribution in [3.63, 3.8) is 0 Å². The van der Waals surface area contributed by atoms with Crippen LogP contribution in [-0.2, 0) is 4.79 Å². The Balaban J connectivity index is 3.66. The second kappa shape index (κ2) is 38.9. The molecule has 0 radical (unpaired) electrons. The van der Waals surface area contributed by atoms with Crippen molar-refractivity contribution in [3.05, 3.63) is 12.2 Å². The number of unbranched alkanes of at least 4 members (excludes halogenated alkanes) is 31. The lowest BCUT2D eigenvalue weighted by Gasteiger charge is -2.21. The van der Waals surface area contributed by atoms with Gasteiger partial charge in [-0.25, -0.2) is 0 Å². The molecule has 0 aliphatic heterocycles. The van der Waals surface area contributed by atoms with E-state index in [0.717, 1.165) is 32.1 Å². The first kappa shape index (κ1) is 47.1. The van der Waals surface area contributed by atoms with Gasteiger partial charge in [0.1, 0.15) is 6.10 Å². The van der Waals surface area contributed by atoms with Gasteiger partial charge in [0, 0.05) is 0 Å². The Kier molecular flexibility index (Phi) is 38.1. The Morgan fingerprint density at radius 2 is 0.812 bits per heavy atom. The van der Waals surface area contributed by atoms with Gasteiger partial charge in [-0.15, -0.1) is 0 Å². The fourth-order valence-electron chi connectivity index (χ4n) is 6.71. The highest BCUT2D eigenvalue weighted by Crippen LogP contribution is 2.16. The predicted molar refractivity (Wildman–Crippen MR) is 208 cm³/mol. The molecule has 0 saturated heterocycles. The van der Waals surface area contributed by atoms with E-state index in [1.807, 2.05) is 6.08 Å². The topological polar surface area (TPSA) is 89.8 Å². The number of aliphatic hydroxyl groups is 3. The molecule has 3 atom stereocenters. The highest BCUT2D eigenvalue weighted by Gasteiger charge is 2.22. The number of aliphatic hydroxyl groups excluding tert-OH is 3. The average Bonchev–Trinajstić information content (AvgIpc) is 3.09. The van der Waals surface area contributed by atoms with Crippen LogP contribution in [-0.4, -0.2) is 46.1 Å². The largest absolute Gasteiger partial charge is 0.394 e. The third-order valence-corrected chi connectivity index (χ3v) is 10.1. The first-order valence-electron chi connectivity index (χ1n) is 21.5. The van der Waals surface area contributed by atoms with Crippen molar-refractivity contribution in [2.24, 2.45) is 0 Å². The van der Waals surface area contributed by atoms with Crippen LogP contribution < -0.4 is 5.32 Å². The lowest BCUT2D eigenvalue weighted by molar-refractivity contribution is -0.131. The second-order valence-electron chi connectivity index (χ2n) is 14.9. The molecule has 1 amide bonds. The lowest BCUT2D eigenvalue weighted by atomic mass is 10.0. The fraction of sp³-hybridized carbons (Fsp3) is 0.930. The van der Waals surface area contributed by atoms with Crippen molar-refractivity contribution < 1.29 is 20.1 Å². The minimum absolute atomic E-state index is 0.359. The van der Waals surface area contributed by atoms with Crippen molar-refractivity contribution in [1.82, 2.24) is 5.32 Å². The Labute approximate surface area is 299 Å². The molecule has 0 heterocycles. The Morgan fingerprint density at radius 1 is 0.500 bits per heavy atom. The standard InChI is InChI=1S/C43H85NO4/c1-3-5-7-9-11-13-15-17-19-21-23-25-27-29-31-33-35-37-41(46)40(39-45)44-43(48)42(47)38-36-34-32-30-28-26-24-22-20-18-16-14-12-10-8-6-4-2/h35,37,40-42,45-47H,3-34,36,38-39H2,1-2H3,(H,44,48)/b37-35+. The molecule has 5 heteroatoms. The first-order valence-corrected chi connectivity index (χ1v) is 21.5. The van der Waals surface area contributed by atoms with Gasteiger partial charge in [0.25, 0.3) is 0 Å². The van der Waals surface area contributed by atoms with Crippen molar-refractivity contribution in [3.8, 4) is 0 Å². The Morgan fingerprint density at radius 3 is 1.15 bits per heavy atom. The number of hydrogen-bond donors (Lipinski definition) is 4. The molecule has 0 aliphatic carbocycles. The zero-order chi connectivity index (χ0) is 35.2. The molecule has 0 aromatic carbocycles. The monoisotopic (exact) mass is 680 g/mol. The Hall–Kier alpha value is -0.910. The maximum Gasteiger partial charge on any atom is 0.249 e. The van der Waals surface area contributed by atoms with Crippen molar-refractivity contribution in [2.75, 3.05) is 6.61 Å². The molecule has 0 saturated carbocycles. The molecule has 0 bridgehead atoms. The molecule has 3 unspecified atom stereocenters. The van der Waals surface area contributed by atoms with E-state index in [4.69, 9.17) is 0 Å². The zero-order valence-electron chi connectivity index (χ0n) is 32.4. The summed E-state index contributed by atoms with van der Waals surface area (Å²) in [5, 5.41) is 33.1. The third-order valence-electron chi connectivity index (χ3n) is 10.1. The molecular weight excluding hydrogens is 594 g/mol. The van der Waals surface area contributed by atoms with Crippen molar-refractivity contribution in [2.45, 2.75) is 250 Å². The van der Waals surface area contributed by atoms with Gasteiger partial charge < -0.3 is 20.6 Å². The molecule has 0 aromatic heterocycles. The van der Waals surface area contributed by atoms with Gasteiger partial charge in [-0.1, -0.05) is 225 Å². The summed E-state index contributed by atoms with van der Waals surface area (Å²) in [5.41, 5.74) is 0. The van der Waals surface area contributed by atoms with Gasteiger partial charge >= 0.3 is 0 Å². The average molecular weight is 680 g/mol. The number of nitrogens with one attached hydrogen (secondary N) is 1. The summed E-state index contributed by atoms with van der Waals surface area (Å²) in [7, 11) is 0. The molecule has 286 valence electrons. The summed E-state index contributed by atoms with van der Waals surface area (Å²) < 4.78 is 0. The number of carbonyl (C=O) groups is 1. The number of allylic oxidation sites excluding steroid dienone is 1. The molecule has 0 aromatic rings. The zero-order valence-corrected chi connectivity index (χ0v) is 32.4. The van der Waals surface area contributed by atoms with Gasteiger partial charge in [0.05, 0.1) is 18.8 Å². The van der Waals surface area contributed by atoms with Gasteiger partial charge in [0.15, 0.2) is 0 Å². The van der Waals surface area contributed by atoms with E-state index in [0.29, 0.717) is 6.42 Å². The van der Waals surface area contributed by atoms with Crippen LogP contribution in [0.2, 0.25) is 0 Å². The van der Waals surface area contributed by atoms with E-state index >= 15 is 0 Å². The van der Waals surface area contributed by atoms with Gasteiger partial charge in [0.2, 0.25) is 5.91 Å². The summed E-state index contributed by atoms with van der Waals surface area (Å²) in [4.78, 5) is 12.4. The predicted octanol–water partition coefficient (Wildman–Crippen LogP) is 12.0. The van der Waals surface area contributed by atoms with Crippen LogP contribution in [0, 0.1) is 0 Å². The molecule has 5 nitrogen and oxygen atoms in total. The highest BCUT2D eigenvalue weighted by molar-refractivity contribution is 5.80. The normalized spacial score (nSPS) is 13.7. The van der Waals surface area contributed by atoms with Crippen LogP contribution in [0.1, 0.15) is 232 Å². The summed E-state index contributed by atoms with van der Waals surface area (Å²) in [6.07, 6.45) is 45.2. The number of rotatable bonds is 39. The Bertz CT molecular complexity index is 669. The van der Waals surface area contributed by atoms with E-state index in [9.17, 15) is 20.1 Å². The quantitative estimate of drug-likeness (QED) is 0.0384. The minimum Gasteiger partial charge on any atom is -0.394 e. The first-order chi connectivity index (χ1) is 23.6. The minimum atomic E-state index is -1.09. The molecular formula is C43H85NO4. The van der Waals surface area contributed by atoms with E-state index in [-0.39, 0.29) is 6.61 Å². The van der Waals surface area contributed by atoms with E-state index < -0.39 is 24.2 Å². The van der Waals surface area contributed by atoms with Gasteiger partial charge in [-0.2, -0.15) is 0 Å². The van der Waals surface area contributed by atoms with Crippen molar-refractivity contribution in [1.29, 1.82) is 0 Å². The molecule has 0 rings (SSSR count). The SMILES string of the molecule is CCCCCCCCCCCCCCCCC/C=C/C(O)C(CO)NC(=O)C(O)CCCCCCCCCCCCCCCCCCC. The fourth-order valence-corrected chi connectivity index (χ4v) is 6.71. The maximum absolute atomic E-state index is 12.4. The van der Waals surface area contributed by atoms with Crippen LogP contribution >= 0.6 is 0 Å². The summed E-state index contributed by atoms with van der Waals surface area (Å²) in [6.45, 7) is 4.19. The lowest BCUT2D eigenvalue weighted by Crippen LogP contribution is -2.48. The molecule has 0 fully saturated rings. The molecule has 0 spiro atoms. The van der Waals surface area contributed by atoms with Crippen molar-refractivity contribution >= 4 is 5.91 Å². The molecule has 0 aliphatic rings. The number of carbonyl (C=O) groups excluding carboxylic acids is 1. The second-order valence-corrected chi connectivity index (χ2v) is 14.9. The van der Waals surface area contributed by atoms with E-state index in [1.54, 1.807) is 6.08 Å². The summed E-state index contributed by atoms with van der Waals surface area (Å²) in [6, 6.07) is -0.792. The van der Waals surface area contributed by atoms with Gasteiger partial charge in [-0.05, 0) is 19.3 Å². The van der Waals surface area contributed by atoms with E-state index in [1.165, 1.54) is 180 Å². The van der Waals surface area contributed by atoms with Crippen LogP contribution in [0.4, 0.5) is 0 Å². The van der Waals surface area contributed by atoms with E-state index in [2.05, 4.69) is 19.2 Å². The number of hydrogen-bond acceptors (Lipinski definition) is 4. The van der Waals surface area contributed by atoms with Crippen LogP contribution in [0.3, 0.4) is 0 Å². The maximum atomic E-state index is 12.4. The van der Waals surface area contributed by atoms with Crippen LogP contribution in [0.15, 0.2) is 12.2 Å². The number of amides is 1. The van der Waals surface area contributed by atoms with Gasteiger partial charge in [-0.3, -0.25) is 4.79 Å².